The van der Waals surface area contributed by atoms with Gasteiger partial charge in [0, 0.05) is 45.1 Å². The van der Waals surface area contributed by atoms with E-state index in [1.807, 2.05) is 49.3 Å². The topological polar surface area (TPSA) is 58.6 Å². The first-order valence-electron chi connectivity index (χ1n) is 10.5. The molecule has 0 aliphatic carbocycles. The summed E-state index contributed by atoms with van der Waals surface area (Å²) in [5.41, 5.74) is 2.50. The number of rotatable bonds is 6. The first-order valence-corrected chi connectivity index (χ1v) is 12.0. The van der Waals surface area contributed by atoms with Crippen molar-refractivity contribution in [1.82, 2.24) is 9.97 Å². The van der Waals surface area contributed by atoms with E-state index in [2.05, 4.69) is 20.9 Å². The zero-order valence-electron chi connectivity index (χ0n) is 18.6. The van der Waals surface area contributed by atoms with E-state index in [9.17, 15) is 4.79 Å². The van der Waals surface area contributed by atoms with Crippen molar-refractivity contribution >= 4 is 58.4 Å². The van der Waals surface area contributed by atoms with Crippen LogP contribution in [0, 0.1) is 0 Å². The Morgan fingerprint density at radius 2 is 1.82 bits per heavy atom. The van der Waals surface area contributed by atoms with E-state index in [-0.39, 0.29) is 12.5 Å². The number of nitrogens with zero attached hydrogens (tertiary/aromatic N) is 4. The molecule has 0 unspecified atom stereocenters. The molecule has 1 aliphatic heterocycles. The highest BCUT2D eigenvalue weighted by atomic mass is 35.5. The summed E-state index contributed by atoms with van der Waals surface area (Å²) >= 11 is 13.9. The number of anilines is 3. The highest BCUT2D eigenvalue weighted by molar-refractivity contribution is 8.00. The van der Waals surface area contributed by atoms with E-state index in [1.165, 1.54) is 11.9 Å². The van der Waals surface area contributed by atoms with Crippen molar-refractivity contribution in [1.29, 1.82) is 0 Å². The second kappa shape index (κ2) is 9.79. The summed E-state index contributed by atoms with van der Waals surface area (Å²) in [5.74, 6) is 0.336. The maximum absolute atomic E-state index is 12.8. The number of hydrogen-bond donors (Lipinski definition) is 0. The third kappa shape index (κ3) is 5.91. The van der Waals surface area contributed by atoms with E-state index >= 15 is 0 Å². The molecule has 0 N–H and O–H groups in total. The third-order valence-electron chi connectivity index (χ3n) is 4.81. The largest absolute Gasteiger partial charge is 0.459 e. The average molecular weight is 503 g/mol. The number of hydrogen-bond acceptors (Lipinski definition) is 7. The zero-order chi connectivity index (χ0) is 23.6. The molecule has 6 nitrogen and oxygen atoms in total. The molecule has 2 aromatic carbocycles. The zero-order valence-corrected chi connectivity index (χ0v) is 20.9. The Morgan fingerprint density at radius 3 is 2.48 bits per heavy atom. The molecule has 2 heterocycles. The number of halogens is 2. The predicted molar refractivity (Wildman–Crippen MR) is 135 cm³/mol. The lowest BCUT2D eigenvalue weighted by Gasteiger charge is -2.27. The van der Waals surface area contributed by atoms with Gasteiger partial charge >= 0.3 is 5.97 Å². The summed E-state index contributed by atoms with van der Waals surface area (Å²) < 4.78 is 7.54. The lowest BCUT2D eigenvalue weighted by atomic mass is 10.1. The molecule has 3 aromatic rings. The fraction of sp³-hybridized carbons (Fsp3) is 0.292. The number of fused-ring (bicyclic) bond motifs is 1. The Balaban J connectivity index is 1.70. The summed E-state index contributed by atoms with van der Waals surface area (Å²) in [6.07, 6.45) is 4.26. The summed E-state index contributed by atoms with van der Waals surface area (Å²) in [4.78, 5) is 24.5. The molecule has 0 spiro atoms. The minimum Gasteiger partial charge on any atom is -0.459 e. The van der Waals surface area contributed by atoms with Gasteiger partial charge in [-0.3, -0.25) is 4.79 Å². The molecule has 0 atom stereocenters. The third-order valence-corrected chi connectivity index (χ3v) is 6.24. The molecule has 1 aliphatic rings. The van der Waals surface area contributed by atoms with Crippen LogP contribution in [-0.4, -0.2) is 34.6 Å². The van der Waals surface area contributed by atoms with Crippen LogP contribution in [0.25, 0.3) is 0 Å². The first-order chi connectivity index (χ1) is 15.7. The smallest absolute Gasteiger partial charge is 0.327 e. The van der Waals surface area contributed by atoms with Gasteiger partial charge < -0.3 is 13.9 Å². The van der Waals surface area contributed by atoms with Gasteiger partial charge in [-0.05, 0) is 75.5 Å². The minimum absolute atomic E-state index is 0.0599. The van der Waals surface area contributed by atoms with Gasteiger partial charge in [-0.2, -0.15) is 0 Å². The molecule has 33 heavy (non-hydrogen) atoms. The molecule has 0 saturated heterocycles. The molecule has 0 saturated carbocycles. The fourth-order valence-electron chi connectivity index (χ4n) is 3.65. The average Bonchev–Trinajstić information content (AvgIpc) is 3.16. The van der Waals surface area contributed by atoms with Crippen molar-refractivity contribution in [2.45, 2.75) is 37.7 Å². The standard InChI is InChI=1S/C24H24Cl2N4O2S/c1-24(2,3)32-22(31)15-30(33-18-13-16(25)12-17(26)14-18)21-7-4-6-20-19(21)8-11-29(20)23-27-9-5-10-28-23/h4-7,9-10,12-14H,8,11,15H2,1-3H3. The van der Waals surface area contributed by atoms with Gasteiger partial charge in [0.2, 0.25) is 5.95 Å². The van der Waals surface area contributed by atoms with Crippen LogP contribution in [0.1, 0.15) is 26.3 Å². The maximum Gasteiger partial charge on any atom is 0.327 e. The van der Waals surface area contributed by atoms with Gasteiger partial charge in [0.1, 0.15) is 12.1 Å². The number of carbonyl (C=O) groups is 1. The molecular formula is C24H24Cl2N4O2S. The molecule has 9 heteroatoms. The van der Waals surface area contributed by atoms with Crippen LogP contribution in [0.3, 0.4) is 0 Å². The van der Waals surface area contributed by atoms with Crippen LogP contribution < -0.4 is 9.21 Å². The number of benzene rings is 2. The molecule has 0 radical (unpaired) electrons. The Kier molecular flexibility index (Phi) is 7.02. The van der Waals surface area contributed by atoms with Crippen LogP contribution in [0.15, 0.2) is 59.8 Å². The fourth-order valence-corrected chi connectivity index (χ4v) is 5.36. The highest BCUT2D eigenvalue weighted by Crippen LogP contribution is 2.42. The molecular weight excluding hydrogens is 479 g/mol. The lowest BCUT2D eigenvalue weighted by molar-refractivity contribution is -0.152. The maximum atomic E-state index is 12.8. The molecule has 4 rings (SSSR count). The van der Waals surface area contributed by atoms with E-state index in [0.29, 0.717) is 16.0 Å². The monoisotopic (exact) mass is 502 g/mol. The van der Waals surface area contributed by atoms with Crippen LogP contribution in [-0.2, 0) is 16.0 Å². The number of carbonyl (C=O) groups excluding carboxylic acids is 1. The predicted octanol–water partition coefficient (Wildman–Crippen LogP) is 6.33. The molecule has 1 aromatic heterocycles. The Labute approximate surface area is 208 Å². The van der Waals surface area contributed by atoms with Crippen LogP contribution in [0.2, 0.25) is 10.0 Å². The number of esters is 1. The van der Waals surface area contributed by atoms with Gasteiger partial charge in [-0.1, -0.05) is 29.3 Å². The second-order valence-corrected chi connectivity index (χ2v) is 10.5. The molecule has 0 amide bonds. The van der Waals surface area contributed by atoms with Crippen molar-refractivity contribution in [3.8, 4) is 0 Å². The molecule has 0 fully saturated rings. The Hall–Kier alpha value is -2.48. The van der Waals surface area contributed by atoms with Crippen molar-refractivity contribution in [3.05, 3.63) is 70.5 Å². The van der Waals surface area contributed by atoms with E-state index < -0.39 is 5.60 Å². The van der Waals surface area contributed by atoms with Crippen molar-refractivity contribution in [2.24, 2.45) is 0 Å². The van der Waals surface area contributed by atoms with Gasteiger partial charge in [0.15, 0.2) is 0 Å². The first kappa shape index (κ1) is 23.7. The van der Waals surface area contributed by atoms with Crippen molar-refractivity contribution < 1.29 is 9.53 Å². The van der Waals surface area contributed by atoms with Crippen LogP contribution in [0.4, 0.5) is 17.3 Å². The Bertz CT molecular complexity index is 1130. The summed E-state index contributed by atoms with van der Waals surface area (Å²) in [6.45, 7) is 6.39. The Morgan fingerprint density at radius 1 is 1.12 bits per heavy atom. The second-order valence-electron chi connectivity index (χ2n) is 8.54. The van der Waals surface area contributed by atoms with E-state index in [0.717, 1.165) is 34.8 Å². The SMILES string of the molecule is CC(C)(C)OC(=O)CN(Sc1cc(Cl)cc(Cl)c1)c1cccc2c1CCN2c1ncccn1. The highest BCUT2D eigenvalue weighted by Gasteiger charge is 2.28. The summed E-state index contributed by atoms with van der Waals surface area (Å²) in [7, 11) is 0. The minimum atomic E-state index is -0.577. The summed E-state index contributed by atoms with van der Waals surface area (Å²) in [6, 6.07) is 13.2. The van der Waals surface area contributed by atoms with Crippen molar-refractivity contribution in [2.75, 3.05) is 22.3 Å². The van der Waals surface area contributed by atoms with E-state index in [4.69, 9.17) is 27.9 Å². The van der Waals surface area contributed by atoms with Crippen LogP contribution >= 0.6 is 35.1 Å². The quantitative estimate of drug-likeness (QED) is 0.288. The number of ether oxygens (including phenoxy) is 1. The molecule has 172 valence electrons. The molecule has 0 bridgehead atoms. The number of aromatic nitrogens is 2. The van der Waals surface area contributed by atoms with Gasteiger partial charge in [0.05, 0.1) is 5.69 Å². The van der Waals surface area contributed by atoms with Gasteiger partial charge in [-0.25, -0.2) is 9.97 Å². The summed E-state index contributed by atoms with van der Waals surface area (Å²) in [5, 5.41) is 1.07. The normalized spacial score (nSPS) is 13.1. The lowest BCUT2D eigenvalue weighted by Crippen LogP contribution is -2.32. The van der Waals surface area contributed by atoms with Crippen molar-refractivity contribution in [3.63, 3.8) is 0 Å². The van der Waals surface area contributed by atoms with E-state index in [1.54, 1.807) is 24.5 Å². The van der Waals surface area contributed by atoms with Gasteiger partial charge in [-0.15, -0.1) is 0 Å². The van der Waals surface area contributed by atoms with Crippen LogP contribution in [0.5, 0.6) is 0 Å². The van der Waals surface area contributed by atoms with Gasteiger partial charge in [0.25, 0.3) is 0 Å².